The van der Waals surface area contributed by atoms with Gasteiger partial charge in [0, 0.05) is 16.7 Å². The summed E-state index contributed by atoms with van der Waals surface area (Å²) >= 11 is 3.49. The van der Waals surface area contributed by atoms with Gasteiger partial charge in [-0.3, -0.25) is 0 Å². The normalized spacial score (nSPS) is 12.4. The second-order valence-electron chi connectivity index (χ2n) is 5.59. The summed E-state index contributed by atoms with van der Waals surface area (Å²) in [5.41, 5.74) is 3.83. The van der Waals surface area contributed by atoms with Gasteiger partial charge in [-0.25, -0.2) is 0 Å². The lowest BCUT2D eigenvalue weighted by atomic mass is 10.0. The number of rotatable bonds is 6. The van der Waals surface area contributed by atoms with Crippen LogP contribution in [0.3, 0.4) is 0 Å². The summed E-state index contributed by atoms with van der Waals surface area (Å²) in [4.78, 5) is 2.18. The van der Waals surface area contributed by atoms with Crippen molar-refractivity contribution >= 4 is 21.6 Å². The number of hydrogen-bond donors (Lipinski definition) is 1. The molecule has 0 aliphatic rings. The fourth-order valence-corrected chi connectivity index (χ4v) is 2.65. The van der Waals surface area contributed by atoms with Crippen LogP contribution in [0.15, 0.2) is 53.0 Å². The number of benzene rings is 2. The highest BCUT2D eigenvalue weighted by molar-refractivity contribution is 9.10. The Morgan fingerprint density at radius 3 is 2.14 bits per heavy atom. The van der Waals surface area contributed by atoms with E-state index in [-0.39, 0.29) is 0 Å². The van der Waals surface area contributed by atoms with Gasteiger partial charge in [0.15, 0.2) is 0 Å². The first kappa shape index (κ1) is 16.1. The molecule has 0 spiro atoms. The van der Waals surface area contributed by atoms with E-state index >= 15 is 0 Å². The number of nitrogens with one attached hydrogen (secondary N) is 1. The van der Waals surface area contributed by atoms with Gasteiger partial charge in [0.25, 0.3) is 0 Å². The number of anilines is 1. The Morgan fingerprint density at radius 2 is 1.62 bits per heavy atom. The first-order chi connectivity index (χ1) is 10.1. The number of hydrogen-bond acceptors (Lipinski definition) is 2. The molecule has 2 aromatic rings. The molecular weight excluding hydrogens is 324 g/mol. The first-order valence-electron chi connectivity index (χ1n) is 7.34. The van der Waals surface area contributed by atoms with E-state index in [1.165, 1.54) is 16.8 Å². The average molecular weight is 347 g/mol. The van der Waals surface area contributed by atoms with Crippen molar-refractivity contribution in [3.63, 3.8) is 0 Å². The first-order valence-corrected chi connectivity index (χ1v) is 8.13. The summed E-state index contributed by atoms with van der Waals surface area (Å²) in [6.45, 7) is 3.18. The van der Waals surface area contributed by atoms with Crippen LogP contribution in [0.2, 0.25) is 0 Å². The van der Waals surface area contributed by atoms with Gasteiger partial charge in [-0.1, -0.05) is 47.1 Å². The highest BCUT2D eigenvalue weighted by Crippen LogP contribution is 2.24. The van der Waals surface area contributed by atoms with E-state index in [0.29, 0.717) is 6.04 Å². The van der Waals surface area contributed by atoms with Crippen molar-refractivity contribution in [2.24, 2.45) is 0 Å². The minimum Gasteiger partial charge on any atom is -0.378 e. The molecule has 1 atom stereocenters. The van der Waals surface area contributed by atoms with Crippen LogP contribution in [-0.2, 0) is 6.54 Å². The van der Waals surface area contributed by atoms with E-state index in [1.54, 1.807) is 0 Å². The minimum absolute atomic E-state index is 0.345. The quantitative estimate of drug-likeness (QED) is 0.784. The van der Waals surface area contributed by atoms with Gasteiger partial charge in [-0.05, 0) is 55.9 Å². The second-order valence-corrected chi connectivity index (χ2v) is 6.51. The lowest BCUT2D eigenvalue weighted by Crippen LogP contribution is -2.11. The third-order valence-corrected chi connectivity index (χ3v) is 4.00. The largest absolute Gasteiger partial charge is 0.378 e. The molecule has 0 saturated carbocycles. The standard InChI is InChI=1S/C18H23BrN2/c1-4-18(15-7-9-16(19)10-8-15)20-17-11-5-14(6-12-17)13-21(2)3/h5-12,18,20H,4,13H2,1-3H3. The highest BCUT2D eigenvalue weighted by Gasteiger charge is 2.09. The summed E-state index contributed by atoms with van der Waals surface area (Å²) in [6.07, 6.45) is 1.06. The van der Waals surface area contributed by atoms with Gasteiger partial charge < -0.3 is 10.2 Å². The van der Waals surface area contributed by atoms with Gasteiger partial charge in [-0.15, -0.1) is 0 Å². The van der Waals surface area contributed by atoms with Crippen molar-refractivity contribution in [1.82, 2.24) is 4.90 Å². The molecule has 0 amide bonds. The molecule has 0 fully saturated rings. The molecule has 21 heavy (non-hydrogen) atoms. The van der Waals surface area contributed by atoms with E-state index in [4.69, 9.17) is 0 Å². The lowest BCUT2D eigenvalue weighted by Gasteiger charge is -2.19. The average Bonchev–Trinajstić information content (AvgIpc) is 2.47. The van der Waals surface area contributed by atoms with Crippen molar-refractivity contribution < 1.29 is 0 Å². The Labute approximate surface area is 136 Å². The Balaban J connectivity index is 2.06. The van der Waals surface area contributed by atoms with Crippen LogP contribution in [0.5, 0.6) is 0 Å². The lowest BCUT2D eigenvalue weighted by molar-refractivity contribution is 0.402. The topological polar surface area (TPSA) is 15.3 Å². The van der Waals surface area contributed by atoms with Crippen LogP contribution in [0.25, 0.3) is 0 Å². The van der Waals surface area contributed by atoms with E-state index in [0.717, 1.165) is 17.4 Å². The Kier molecular flexibility index (Phi) is 5.83. The maximum absolute atomic E-state index is 3.62. The van der Waals surface area contributed by atoms with Crippen LogP contribution in [0, 0.1) is 0 Å². The smallest absolute Gasteiger partial charge is 0.0511 e. The predicted octanol–water partition coefficient (Wildman–Crippen LogP) is 5.07. The van der Waals surface area contributed by atoms with E-state index in [9.17, 15) is 0 Å². The zero-order valence-corrected chi connectivity index (χ0v) is 14.5. The van der Waals surface area contributed by atoms with Crippen molar-refractivity contribution in [3.05, 3.63) is 64.1 Å². The SMILES string of the molecule is CCC(Nc1ccc(CN(C)C)cc1)c1ccc(Br)cc1. The van der Waals surface area contributed by atoms with Crippen molar-refractivity contribution in [1.29, 1.82) is 0 Å². The number of nitrogens with zero attached hydrogens (tertiary/aromatic N) is 1. The molecule has 0 aliphatic carbocycles. The molecular formula is C18H23BrN2. The molecule has 1 N–H and O–H groups in total. The molecule has 2 rings (SSSR count). The molecule has 112 valence electrons. The fourth-order valence-electron chi connectivity index (χ4n) is 2.39. The minimum atomic E-state index is 0.345. The zero-order chi connectivity index (χ0) is 15.2. The molecule has 2 nitrogen and oxygen atoms in total. The van der Waals surface area contributed by atoms with Crippen LogP contribution in [0.4, 0.5) is 5.69 Å². The molecule has 1 unspecified atom stereocenters. The third kappa shape index (κ3) is 4.87. The van der Waals surface area contributed by atoms with E-state index in [2.05, 4.69) is 95.7 Å². The van der Waals surface area contributed by atoms with Gasteiger partial charge in [0.05, 0.1) is 6.04 Å². The van der Waals surface area contributed by atoms with Crippen LogP contribution in [0.1, 0.15) is 30.5 Å². The molecule has 0 aliphatic heterocycles. The Morgan fingerprint density at radius 1 is 1.00 bits per heavy atom. The molecule has 0 bridgehead atoms. The van der Waals surface area contributed by atoms with Crippen molar-refractivity contribution in [3.8, 4) is 0 Å². The van der Waals surface area contributed by atoms with Gasteiger partial charge in [0.2, 0.25) is 0 Å². The monoisotopic (exact) mass is 346 g/mol. The highest BCUT2D eigenvalue weighted by atomic mass is 79.9. The molecule has 0 radical (unpaired) electrons. The third-order valence-electron chi connectivity index (χ3n) is 3.47. The second kappa shape index (κ2) is 7.62. The zero-order valence-electron chi connectivity index (χ0n) is 12.9. The van der Waals surface area contributed by atoms with E-state index in [1.807, 2.05) is 0 Å². The molecule has 0 aromatic heterocycles. The van der Waals surface area contributed by atoms with Gasteiger partial charge in [-0.2, -0.15) is 0 Å². The van der Waals surface area contributed by atoms with Crippen LogP contribution in [-0.4, -0.2) is 19.0 Å². The summed E-state index contributed by atoms with van der Waals surface area (Å²) in [5.74, 6) is 0. The van der Waals surface area contributed by atoms with Crippen molar-refractivity contribution in [2.45, 2.75) is 25.9 Å². The van der Waals surface area contributed by atoms with Gasteiger partial charge >= 0.3 is 0 Å². The van der Waals surface area contributed by atoms with Crippen molar-refractivity contribution in [2.75, 3.05) is 19.4 Å². The molecule has 2 aromatic carbocycles. The Bertz CT molecular complexity index is 546. The van der Waals surface area contributed by atoms with E-state index < -0.39 is 0 Å². The summed E-state index contributed by atoms with van der Waals surface area (Å²) in [7, 11) is 4.18. The predicted molar refractivity (Wildman–Crippen MR) is 94.6 cm³/mol. The summed E-state index contributed by atoms with van der Waals surface area (Å²) in [5, 5.41) is 3.62. The number of halogens is 1. The van der Waals surface area contributed by atoms with Crippen LogP contribution < -0.4 is 5.32 Å². The summed E-state index contributed by atoms with van der Waals surface area (Å²) < 4.78 is 1.12. The maximum atomic E-state index is 3.62. The summed E-state index contributed by atoms with van der Waals surface area (Å²) in [6, 6.07) is 17.6. The molecule has 3 heteroatoms. The Hall–Kier alpha value is -1.32. The van der Waals surface area contributed by atoms with Crippen LogP contribution >= 0.6 is 15.9 Å². The van der Waals surface area contributed by atoms with Gasteiger partial charge in [0.1, 0.15) is 0 Å². The maximum Gasteiger partial charge on any atom is 0.0511 e. The fraction of sp³-hybridized carbons (Fsp3) is 0.333. The molecule has 0 saturated heterocycles. The molecule has 0 heterocycles.